The molecule has 0 fully saturated rings. The number of hydrogen-bond acceptors (Lipinski definition) is 4. The molecule has 2 rings (SSSR count). The number of aryl methyl sites for hydroxylation is 2. The lowest BCUT2D eigenvalue weighted by molar-refractivity contribution is -0.116. The van der Waals surface area contributed by atoms with Crippen LogP contribution in [0, 0.1) is 13.8 Å². The van der Waals surface area contributed by atoms with E-state index < -0.39 is 0 Å². The van der Waals surface area contributed by atoms with Crippen LogP contribution in [-0.4, -0.2) is 16.9 Å². The number of aromatic nitrogens is 1. The standard InChI is InChI=1S/C17H21N3O2/c1-11-4-6-15(8-12(11)2)22-17-7-5-14(10-19-17)20-16(21)9-13(3)18/h4-8,10,13H,9,18H2,1-3H3,(H,20,21). The molecule has 0 radical (unpaired) electrons. The molecule has 1 amide bonds. The fourth-order valence-corrected chi connectivity index (χ4v) is 1.92. The molecule has 0 saturated heterocycles. The second-order valence-corrected chi connectivity index (χ2v) is 5.46. The van der Waals surface area contributed by atoms with E-state index in [1.165, 1.54) is 5.56 Å². The molecule has 22 heavy (non-hydrogen) atoms. The van der Waals surface area contributed by atoms with Crippen molar-refractivity contribution < 1.29 is 9.53 Å². The van der Waals surface area contributed by atoms with Crippen LogP contribution in [0.15, 0.2) is 36.5 Å². The van der Waals surface area contributed by atoms with Crippen molar-refractivity contribution in [2.24, 2.45) is 5.73 Å². The summed E-state index contributed by atoms with van der Waals surface area (Å²) in [6.45, 7) is 5.88. The molecule has 0 aliphatic heterocycles. The Morgan fingerprint density at radius 3 is 2.64 bits per heavy atom. The number of ether oxygens (including phenoxy) is 1. The van der Waals surface area contributed by atoms with E-state index in [1.807, 2.05) is 25.1 Å². The van der Waals surface area contributed by atoms with Crippen molar-refractivity contribution in [3.05, 3.63) is 47.7 Å². The van der Waals surface area contributed by atoms with Gasteiger partial charge in [-0.25, -0.2) is 4.98 Å². The van der Waals surface area contributed by atoms with Gasteiger partial charge in [-0.1, -0.05) is 6.07 Å². The van der Waals surface area contributed by atoms with Gasteiger partial charge in [0.25, 0.3) is 0 Å². The van der Waals surface area contributed by atoms with Crippen LogP contribution in [-0.2, 0) is 4.79 Å². The average Bonchev–Trinajstić information content (AvgIpc) is 2.44. The van der Waals surface area contributed by atoms with Gasteiger partial charge in [-0.05, 0) is 50.1 Å². The highest BCUT2D eigenvalue weighted by Gasteiger charge is 2.06. The highest BCUT2D eigenvalue weighted by molar-refractivity contribution is 5.90. The lowest BCUT2D eigenvalue weighted by atomic mass is 10.1. The number of carbonyl (C=O) groups is 1. The minimum absolute atomic E-state index is 0.125. The molecule has 1 heterocycles. The summed E-state index contributed by atoms with van der Waals surface area (Å²) in [7, 11) is 0. The molecule has 5 nitrogen and oxygen atoms in total. The van der Waals surface area contributed by atoms with Gasteiger partial charge in [0.15, 0.2) is 0 Å². The predicted molar refractivity (Wildman–Crippen MR) is 87.1 cm³/mol. The zero-order valence-electron chi connectivity index (χ0n) is 13.1. The predicted octanol–water partition coefficient (Wildman–Crippen LogP) is 3.17. The smallest absolute Gasteiger partial charge is 0.225 e. The number of benzene rings is 1. The van der Waals surface area contributed by atoms with Gasteiger partial charge in [0.05, 0.1) is 11.9 Å². The Morgan fingerprint density at radius 2 is 2.05 bits per heavy atom. The molecule has 3 N–H and O–H groups in total. The summed E-state index contributed by atoms with van der Waals surface area (Å²) in [5.74, 6) is 1.09. The van der Waals surface area contributed by atoms with E-state index in [0.29, 0.717) is 11.6 Å². The molecule has 1 atom stereocenters. The van der Waals surface area contributed by atoms with Crippen molar-refractivity contribution in [3.63, 3.8) is 0 Å². The lowest BCUT2D eigenvalue weighted by Crippen LogP contribution is -2.23. The van der Waals surface area contributed by atoms with Gasteiger partial charge in [0, 0.05) is 18.5 Å². The fraction of sp³-hybridized carbons (Fsp3) is 0.294. The zero-order valence-corrected chi connectivity index (χ0v) is 13.1. The van der Waals surface area contributed by atoms with Gasteiger partial charge < -0.3 is 15.8 Å². The van der Waals surface area contributed by atoms with E-state index in [4.69, 9.17) is 10.5 Å². The van der Waals surface area contributed by atoms with Crippen LogP contribution in [0.2, 0.25) is 0 Å². The Hall–Kier alpha value is -2.40. The largest absolute Gasteiger partial charge is 0.439 e. The fourth-order valence-electron chi connectivity index (χ4n) is 1.92. The highest BCUT2D eigenvalue weighted by atomic mass is 16.5. The molecule has 2 aromatic rings. The third-order valence-electron chi connectivity index (χ3n) is 3.23. The van der Waals surface area contributed by atoms with E-state index in [-0.39, 0.29) is 18.4 Å². The summed E-state index contributed by atoms with van der Waals surface area (Å²) in [6.07, 6.45) is 1.84. The molecule has 5 heteroatoms. The van der Waals surface area contributed by atoms with Crippen LogP contribution in [0.25, 0.3) is 0 Å². The van der Waals surface area contributed by atoms with Crippen LogP contribution in [0.5, 0.6) is 11.6 Å². The number of hydrogen-bond donors (Lipinski definition) is 2. The number of carbonyl (C=O) groups excluding carboxylic acids is 1. The summed E-state index contributed by atoms with van der Waals surface area (Å²) in [6, 6.07) is 9.18. The Labute approximate surface area is 130 Å². The van der Waals surface area contributed by atoms with Crippen molar-refractivity contribution >= 4 is 11.6 Å². The third kappa shape index (κ3) is 4.56. The summed E-state index contributed by atoms with van der Waals surface area (Å²) >= 11 is 0. The molecule has 116 valence electrons. The van der Waals surface area contributed by atoms with E-state index in [0.717, 1.165) is 11.3 Å². The molecule has 1 aromatic heterocycles. The van der Waals surface area contributed by atoms with Crippen molar-refractivity contribution in [1.29, 1.82) is 0 Å². The molecule has 0 saturated carbocycles. The first kappa shape index (κ1) is 16.0. The van der Waals surface area contributed by atoms with E-state index in [9.17, 15) is 4.79 Å². The monoisotopic (exact) mass is 299 g/mol. The molecule has 1 unspecified atom stereocenters. The van der Waals surface area contributed by atoms with Gasteiger partial charge >= 0.3 is 0 Å². The van der Waals surface area contributed by atoms with E-state index in [1.54, 1.807) is 25.3 Å². The molecule has 1 aromatic carbocycles. The summed E-state index contributed by atoms with van der Waals surface area (Å²) in [5, 5.41) is 2.74. The summed E-state index contributed by atoms with van der Waals surface area (Å²) < 4.78 is 5.69. The highest BCUT2D eigenvalue weighted by Crippen LogP contribution is 2.22. The van der Waals surface area contributed by atoms with E-state index in [2.05, 4.69) is 17.2 Å². The average molecular weight is 299 g/mol. The van der Waals surface area contributed by atoms with Gasteiger partial charge in [-0.3, -0.25) is 4.79 Å². The van der Waals surface area contributed by atoms with Gasteiger partial charge in [0.1, 0.15) is 5.75 Å². The van der Waals surface area contributed by atoms with Gasteiger partial charge in [-0.2, -0.15) is 0 Å². The number of rotatable bonds is 5. The maximum absolute atomic E-state index is 11.6. The summed E-state index contributed by atoms with van der Waals surface area (Å²) in [5.41, 5.74) is 8.59. The quantitative estimate of drug-likeness (QED) is 0.889. The van der Waals surface area contributed by atoms with E-state index >= 15 is 0 Å². The molecular formula is C17H21N3O2. The maximum Gasteiger partial charge on any atom is 0.225 e. The molecule has 0 aliphatic carbocycles. The van der Waals surface area contributed by atoms with Gasteiger partial charge in [-0.15, -0.1) is 0 Å². The van der Waals surface area contributed by atoms with Crippen molar-refractivity contribution in [2.45, 2.75) is 33.2 Å². The lowest BCUT2D eigenvalue weighted by Gasteiger charge is -2.09. The Morgan fingerprint density at radius 1 is 1.27 bits per heavy atom. The van der Waals surface area contributed by atoms with Crippen LogP contribution < -0.4 is 15.8 Å². The Kier molecular flexibility index (Phi) is 5.12. The number of nitrogens with one attached hydrogen (secondary N) is 1. The topological polar surface area (TPSA) is 77.2 Å². The van der Waals surface area contributed by atoms with Crippen LogP contribution >= 0.6 is 0 Å². The number of nitrogens with zero attached hydrogens (tertiary/aromatic N) is 1. The van der Waals surface area contributed by atoms with Crippen molar-refractivity contribution in [2.75, 3.05) is 5.32 Å². The third-order valence-corrected chi connectivity index (χ3v) is 3.23. The van der Waals surface area contributed by atoms with Crippen LogP contribution in [0.4, 0.5) is 5.69 Å². The second-order valence-electron chi connectivity index (χ2n) is 5.46. The molecular weight excluding hydrogens is 278 g/mol. The Bertz CT molecular complexity index is 651. The number of amides is 1. The van der Waals surface area contributed by atoms with Crippen molar-refractivity contribution in [1.82, 2.24) is 4.98 Å². The number of nitrogens with two attached hydrogens (primary N) is 1. The number of pyridine rings is 1. The molecule has 0 bridgehead atoms. The number of anilines is 1. The maximum atomic E-state index is 11.6. The van der Waals surface area contributed by atoms with Gasteiger partial charge in [0.2, 0.25) is 11.8 Å². The summed E-state index contributed by atoms with van der Waals surface area (Å²) in [4.78, 5) is 15.8. The minimum atomic E-state index is -0.166. The van der Waals surface area contributed by atoms with Crippen LogP contribution in [0.3, 0.4) is 0 Å². The molecule has 0 aliphatic rings. The SMILES string of the molecule is Cc1ccc(Oc2ccc(NC(=O)CC(C)N)cn2)cc1C. The second kappa shape index (κ2) is 7.04. The first-order chi connectivity index (χ1) is 10.4. The first-order valence-electron chi connectivity index (χ1n) is 7.20. The normalized spacial score (nSPS) is 11.8. The van der Waals surface area contributed by atoms with Crippen molar-refractivity contribution in [3.8, 4) is 11.6 Å². The van der Waals surface area contributed by atoms with Crippen LogP contribution in [0.1, 0.15) is 24.5 Å². The molecule has 0 spiro atoms. The minimum Gasteiger partial charge on any atom is -0.439 e. The zero-order chi connectivity index (χ0) is 16.1. The first-order valence-corrected chi connectivity index (χ1v) is 7.20. The Balaban J connectivity index is 1.99.